The third-order valence-corrected chi connectivity index (χ3v) is 4.13. The van der Waals surface area contributed by atoms with Crippen molar-refractivity contribution in [3.05, 3.63) is 29.3 Å². The van der Waals surface area contributed by atoms with Gasteiger partial charge in [0.2, 0.25) is 11.8 Å². The van der Waals surface area contributed by atoms with Gasteiger partial charge in [-0.1, -0.05) is 12.1 Å². The lowest BCUT2D eigenvalue weighted by atomic mass is 10.0. The standard InChI is InChI=1S/C15H20N4O3/c1-3-13-12(8-21-19-13)15(20)16-11-5-4-10(6-11)7-14-18-17-9(2)22-14/h8,10-11H,3-7H2,1-2H3,(H,16,20)/t10-,11+/m1/s1. The highest BCUT2D eigenvalue weighted by Gasteiger charge is 2.28. The van der Waals surface area contributed by atoms with Gasteiger partial charge in [-0.3, -0.25) is 4.79 Å². The van der Waals surface area contributed by atoms with E-state index in [0.717, 1.165) is 25.7 Å². The first kappa shape index (κ1) is 14.7. The maximum absolute atomic E-state index is 12.3. The number of hydrogen-bond acceptors (Lipinski definition) is 6. The van der Waals surface area contributed by atoms with E-state index in [1.807, 2.05) is 6.92 Å². The van der Waals surface area contributed by atoms with Crippen molar-refractivity contribution in [2.24, 2.45) is 5.92 Å². The van der Waals surface area contributed by atoms with E-state index in [9.17, 15) is 4.79 Å². The highest BCUT2D eigenvalue weighted by atomic mass is 16.5. The molecule has 1 amide bonds. The Morgan fingerprint density at radius 1 is 1.41 bits per heavy atom. The lowest BCUT2D eigenvalue weighted by Gasteiger charge is -2.12. The van der Waals surface area contributed by atoms with E-state index >= 15 is 0 Å². The Labute approximate surface area is 128 Å². The third kappa shape index (κ3) is 3.18. The van der Waals surface area contributed by atoms with Crippen LogP contribution in [0.15, 0.2) is 15.2 Å². The van der Waals surface area contributed by atoms with E-state index < -0.39 is 0 Å². The minimum Gasteiger partial charge on any atom is -0.426 e. The number of carbonyl (C=O) groups is 1. The molecule has 1 saturated carbocycles. The minimum absolute atomic E-state index is 0.0996. The lowest BCUT2D eigenvalue weighted by Crippen LogP contribution is -2.33. The predicted octanol–water partition coefficient (Wildman–Crippen LogP) is 2.07. The second-order valence-corrected chi connectivity index (χ2v) is 5.80. The first-order chi connectivity index (χ1) is 10.7. The molecule has 0 radical (unpaired) electrons. The molecule has 0 aliphatic heterocycles. The van der Waals surface area contributed by atoms with Gasteiger partial charge in [0.25, 0.3) is 5.91 Å². The summed E-state index contributed by atoms with van der Waals surface area (Å²) in [6, 6.07) is 0.182. The molecule has 1 fully saturated rings. The van der Waals surface area contributed by atoms with Gasteiger partial charge < -0.3 is 14.3 Å². The van der Waals surface area contributed by atoms with Crippen LogP contribution in [0, 0.1) is 12.8 Å². The Bertz CT molecular complexity index is 649. The molecule has 0 spiro atoms. The molecule has 0 saturated heterocycles. The molecule has 1 aliphatic rings. The van der Waals surface area contributed by atoms with Crippen LogP contribution in [0.25, 0.3) is 0 Å². The Kier molecular flexibility index (Phi) is 4.22. The van der Waals surface area contributed by atoms with E-state index in [-0.39, 0.29) is 11.9 Å². The van der Waals surface area contributed by atoms with Gasteiger partial charge >= 0.3 is 0 Å². The second-order valence-electron chi connectivity index (χ2n) is 5.80. The Hall–Kier alpha value is -2.18. The maximum Gasteiger partial charge on any atom is 0.256 e. The van der Waals surface area contributed by atoms with Crippen molar-refractivity contribution in [3.63, 3.8) is 0 Å². The van der Waals surface area contributed by atoms with Gasteiger partial charge in [-0.2, -0.15) is 0 Å². The molecule has 7 nitrogen and oxygen atoms in total. The summed E-state index contributed by atoms with van der Waals surface area (Å²) in [5, 5.41) is 14.8. The van der Waals surface area contributed by atoms with Crippen molar-refractivity contribution in [3.8, 4) is 0 Å². The first-order valence-corrected chi connectivity index (χ1v) is 7.68. The van der Waals surface area contributed by atoms with Crippen LogP contribution in [0.5, 0.6) is 0 Å². The summed E-state index contributed by atoms with van der Waals surface area (Å²) >= 11 is 0. The largest absolute Gasteiger partial charge is 0.426 e. The van der Waals surface area contributed by atoms with Crippen molar-refractivity contribution < 1.29 is 13.7 Å². The fourth-order valence-electron chi connectivity index (χ4n) is 3.02. The molecule has 3 rings (SSSR count). The average molecular weight is 304 g/mol. The van der Waals surface area contributed by atoms with Gasteiger partial charge in [0.1, 0.15) is 11.8 Å². The highest BCUT2D eigenvalue weighted by molar-refractivity contribution is 5.95. The number of carbonyl (C=O) groups excluding carboxylic acids is 1. The van der Waals surface area contributed by atoms with Crippen LogP contribution in [-0.2, 0) is 12.8 Å². The summed E-state index contributed by atoms with van der Waals surface area (Å²) in [4.78, 5) is 12.3. The van der Waals surface area contributed by atoms with Gasteiger partial charge in [-0.15, -0.1) is 10.2 Å². The quantitative estimate of drug-likeness (QED) is 0.908. The molecule has 2 heterocycles. The smallest absolute Gasteiger partial charge is 0.256 e. The predicted molar refractivity (Wildman–Crippen MR) is 77.2 cm³/mol. The van der Waals surface area contributed by atoms with Crippen molar-refractivity contribution in [1.82, 2.24) is 20.7 Å². The van der Waals surface area contributed by atoms with Gasteiger partial charge in [-0.25, -0.2) is 0 Å². The molecule has 0 unspecified atom stereocenters. The number of rotatable bonds is 5. The van der Waals surface area contributed by atoms with Crippen LogP contribution >= 0.6 is 0 Å². The molecular formula is C15H20N4O3. The van der Waals surface area contributed by atoms with Crippen LogP contribution in [0.2, 0.25) is 0 Å². The van der Waals surface area contributed by atoms with E-state index in [2.05, 4.69) is 20.7 Å². The summed E-state index contributed by atoms with van der Waals surface area (Å²) in [5.41, 5.74) is 1.24. The van der Waals surface area contributed by atoms with Gasteiger partial charge in [0.05, 0.1) is 5.69 Å². The number of nitrogens with one attached hydrogen (secondary N) is 1. The third-order valence-electron chi connectivity index (χ3n) is 4.13. The zero-order valence-corrected chi connectivity index (χ0v) is 12.8. The fraction of sp³-hybridized carbons (Fsp3) is 0.600. The van der Waals surface area contributed by atoms with Crippen LogP contribution in [-0.4, -0.2) is 27.3 Å². The Morgan fingerprint density at radius 3 is 3.00 bits per heavy atom. The summed E-state index contributed by atoms with van der Waals surface area (Å²) < 4.78 is 10.3. The number of nitrogens with zero attached hydrogens (tertiary/aromatic N) is 3. The molecule has 0 aromatic carbocycles. The zero-order chi connectivity index (χ0) is 15.5. The van der Waals surface area contributed by atoms with Crippen molar-refractivity contribution in [1.29, 1.82) is 0 Å². The van der Waals surface area contributed by atoms with Crippen LogP contribution in [0.4, 0.5) is 0 Å². The summed E-state index contributed by atoms with van der Waals surface area (Å²) in [7, 11) is 0. The summed E-state index contributed by atoms with van der Waals surface area (Å²) in [6.45, 7) is 3.74. The zero-order valence-electron chi connectivity index (χ0n) is 12.8. The molecular weight excluding hydrogens is 284 g/mol. The van der Waals surface area contributed by atoms with E-state index in [1.54, 1.807) is 6.92 Å². The lowest BCUT2D eigenvalue weighted by molar-refractivity contribution is 0.0935. The SMILES string of the molecule is CCc1nocc1C(=O)N[C@H]1CC[C@@H](Cc2nnc(C)o2)C1. The Morgan fingerprint density at radius 2 is 2.27 bits per heavy atom. The summed E-state index contributed by atoms with van der Waals surface area (Å²) in [6.07, 6.45) is 5.83. The molecule has 0 bridgehead atoms. The van der Waals surface area contributed by atoms with Crippen LogP contribution in [0.3, 0.4) is 0 Å². The number of hydrogen-bond donors (Lipinski definition) is 1. The molecule has 1 aliphatic carbocycles. The van der Waals surface area contributed by atoms with Crippen LogP contribution in [0.1, 0.15) is 54.0 Å². The highest BCUT2D eigenvalue weighted by Crippen LogP contribution is 2.28. The topological polar surface area (TPSA) is 94.1 Å². The van der Waals surface area contributed by atoms with Gasteiger partial charge in [0.15, 0.2) is 0 Å². The Balaban J connectivity index is 1.53. The molecule has 118 valence electrons. The van der Waals surface area contributed by atoms with E-state index in [1.165, 1.54) is 6.26 Å². The van der Waals surface area contributed by atoms with Crippen LogP contribution < -0.4 is 5.32 Å². The van der Waals surface area contributed by atoms with E-state index in [0.29, 0.717) is 35.4 Å². The van der Waals surface area contributed by atoms with Crippen molar-refractivity contribution >= 4 is 5.91 Å². The maximum atomic E-state index is 12.3. The molecule has 2 atom stereocenters. The number of aromatic nitrogens is 3. The normalized spacial score (nSPS) is 21.2. The first-order valence-electron chi connectivity index (χ1n) is 7.68. The molecule has 2 aromatic rings. The molecule has 1 N–H and O–H groups in total. The number of amides is 1. The van der Waals surface area contributed by atoms with Gasteiger partial charge in [0, 0.05) is 19.4 Å². The monoisotopic (exact) mass is 304 g/mol. The minimum atomic E-state index is -0.0996. The van der Waals surface area contributed by atoms with Gasteiger partial charge in [-0.05, 0) is 31.6 Å². The summed E-state index contributed by atoms with van der Waals surface area (Å²) in [5.74, 6) is 1.65. The van der Waals surface area contributed by atoms with Crippen molar-refractivity contribution in [2.75, 3.05) is 0 Å². The van der Waals surface area contributed by atoms with Crippen molar-refractivity contribution in [2.45, 2.75) is 52.0 Å². The molecule has 22 heavy (non-hydrogen) atoms. The fourth-order valence-corrected chi connectivity index (χ4v) is 3.02. The molecule has 7 heteroatoms. The van der Waals surface area contributed by atoms with E-state index in [4.69, 9.17) is 8.94 Å². The number of aryl methyl sites for hydroxylation is 2. The second kappa shape index (κ2) is 6.29. The molecule has 2 aromatic heterocycles. The average Bonchev–Trinajstić information content (AvgIpc) is 3.20.